The number of unbranched alkanes of at least 4 members (excludes halogenated alkanes) is 7. The summed E-state index contributed by atoms with van der Waals surface area (Å²) < 4.78 is 2.33. The molecule has 1 heterocycles. The number of benzene rings is 1. The number of fused-ring (bicyclic) bond motifs is 1. The second kappa shape index (κ2) is 9.83. The summed E-state index contributed by atoms with van der Waals surface area (Å²) in [4.78, 5) is 4.76. The molecule has 24 heavy (non-hydrogen) atoms. The number of imidazole rings is 1. The van der Waals surface area contributed by atoms with Crippen LogP contribution in [0.15, 0.2) is 12.1 Å². The van der Waals surface area contributed by atoms with Crippen LogP contribution in [0.1, 0.15) is 75.2 Å². The maximum Gasteiger partial charge on any atom is 0.112 e. The Hall–Kier alpha value is -1.35. The topological polar surface area (TPSA) is 38.0 Å². The zero-order valence-electron chi connectivity index (χ0n) is 15.8. The molecule has 2 aromatic rings. The third-order valence-corrected chi connectivity index (χ3v) is 5.01. The Morgan fingerprint density at radius 2 is 1.54 bits per heavy atom. The summed E-state index contributed by atoms with van der Waals surface area (Å²) in [5.41, 5.74) is 4.90. The van der Waals surface area contributed by atoms with Crippen LogP contribution < -0.4 is 0 Å². The Balaban J connectivity index is 1.94. The first-order valence-corrected chi connectivity index (χ1v) is 9.74. The Morgan fingerprint density at radius 3 is 2.21 bits per heavy atom. The SMILES string of the molecule is CCCCCCCCCCn1c(CCO)nc2cc(C)c(C)cc21. The zero-order valence-corrected chi connectivity index (χ0v) is 15.8. The van der Waals surface area contributed by atoms with Crippen LogP contribution >= 0.6 is 0 Å². The first-order valence-electron chi connectivity index (χ1n) is 9.74. The van der Waals surface area contributed by atoms with E-state index >= 15 is 0 Å². The predicted molar refractivity (Wildman–Crippen MR) is 103 cm³/mol. The van der Waals surface area contributed by atoms with Crippen LogP contribution in [0.25, 0.3) is 11.0 Å². The van der Waals surface area contributed by atoms with Gasteiger partial charge in [-0.25, -0.2) is 4.98 Å². The zero-order chi connectivity index (χ0) is 17.4. The van der Waals surface area contributed by atoms with E-state index in [2.05, 4.69) is 37.5 Å². The predicted octanol–water partition coefficient (Wildman–Crippen LogP) is 5.33. The van der Waals surface area contributed by atoms with Crippen molar-refractivity contribution in [2.24, 2.45) is 0 Å². The lowest BCUT2D eigenvalue weighted by Gasteiger charge is -2.09. The summed E-state index contributed by atoms with van der Waals surface area (Å²) in [5, 5.41) is 9.34. The molecule has 2 rings (SSSR count). The molecule has 0 saturated heterocycles. The molecule has 0 saturated carbocycles. The molecule has 1 N–H and O–H groups in total. The smallest absolute Gasteiger partial charge is 0.112 e. The molecule has 1 aromatic heterocycles. The minimum atomic E-state index is 0.165. The highest BCUT2D eigenvalue weighted by Gasteiger charge is 2.11. The van der Waals surface area contributed by atoms with E-state index in [-0.39, 0.29) is 6.61 Å². The minimum absolute atomic E-state index is 0.165. The fraction of sp³-hybridized carbons (Fsp3) is 0.667. The van der Waals surface area contributed by atoms with E-state index in [4.69, 9.17) is 4.98 Å². The van der Waals surface area contributed by atoms with E-state index in [1.807, 2.05) is 0 Å². The van der Waals surface area contributed by atoms with E-state index in [1.165, 1.54) is 68.0 Å². The van der Waals surface area contributed by atoms with Gasteiger partial charge in [0.25, 0.3) is 0 Å². The number of aromatic nitrogens is 2. The molecule has 0 radical (unpaired) electrons. The van der Waals surface area contributed by atoms with Gasteiger partial charge in [0.2, 0.25) is 0 Å². The lowest BCUT2D eigenvalue weighted by atomic mass is 10.1. The van der Waals surface area contributed by atoms with Gasteiger partial charge in [0.15, 0.2) is 0 Å². The van der Waals surface area contributed by atoms with Crippen molar-refractivity contribution < 1.29 is 5.11 Å². The quantitative estimate of drug-likeness (QED) is 0.566. The van der Waals surface area contributed by atoms with Gasteiger partial charge in [0.1, 0.15) is 5.82 Å². The van der Waals surface area contributed by atoms with Gasteiger partial charge in [-0.05, 0) is 43.5 Å². The molecule has 0 aliphatic rings. The second-order valence-corrected chi connectivity index (χ2v) is 7.05. The number of aliphatic hydroxyl groups excluding tert-OH is 1. The van der Waals surface area contributed by atoms with Crippen LogP contribution in [0.3, 0.4) is 0 Å². The van der Waals surface area contributed by atoms with E-state index in [0.29, 0.717) is 6.42 Å². The summed E-state index contributed by atoms with van der Waals surface area (Å²) in [5.74, 6) is 1.03. The van der Waals surface area contributed by atoms with Gasteiger partial charge in [-0.1, -0.05) is 51.9 Å². The molecule has 0 unspecified atom stereocenters. The van der Waals surface area contributed by atoms with Crippen LogP contribution in [0.5, 0.6) is 0 Å². The van der Waals surface area contributed by atoms with Crippen molar-refractivity contribution >= 4 is 11.0 Å². The Bertz CT molecular complexity index is 630. The van der Waals surface area contributed by atoms with Crippen molar-refractivity contribution in [1.29, 1.82) is 0 Å². The van der Waals surface area contributed by atoms with E-state index in [1.54, 1.807) is 0 Å². The van der Waals surface area contributed by atoms with Crippen LogP contribution in [0, 0.1) is 13.8 Å². The van der Waals surface area contributed by atoms with Crippen molar-refractivity contribution in [1.82, 2.24) is 9.55 Å². The monoisotopic (exact) mass is 330 g/mol. The molecule has 0 fully saturated rings. The maximum absolute atomic E-state index is 9.34. The van der Waals surface area contributed by atoms with Crippen LogP contribution in [0.4, 0.5) is 0 Å². The highest BCUT2D eigenvalue weighted by molar-refractivity contribution is 5.78. The molecule has 134 valence electrons. The van der Waals surface area contributed by atoms with Gasteiger partial charge >= 0.3 is 0 Å². The highest BCUT2D eigenvalue weighted by Crippen LogP contribution is 2.22. The summed E-state index contributed by atoms with van der Waals surface area (Å²) in [6.45, 7) is 7.75. The van der Waals surface area contributed by atoms with Gasteiger partial charge in [-0.2, -0.15) is 0 Å². The molecule has 0 aliphatic heterocycles. The van der Waals surface area contributed by atoms with Crippen molar-refractivity contribution in [2.45, 2.75) is 85.1 Å². The van der Waals surface area contributed by atoms with Crippen molar-refractivity contribution in [3.8, 4) is 0 Å². The lowest BCUT2D eigenvalue weighted by molar-refractivity contribution is 0.294. The van der Waals surface area contributed by atoms with Crippen molar-refractivity contribution in [3.05, 3.63) is 29.1 Å². The van der Waals surface area contributed by atoms with Gasteiger partial charge in [0, 0.05) is 13.0 Å². The summed E-state index contributed by atoms with van der Waals surface area (Å²) >= 11 is 0. The number of aliphatic hydroxyl groups is 1. The maximum atomic E-state index is 9.34. The van der Waals surface area contributed by atoms with E-state index in [9.17, 15) is 5.11 Å². The highest BCUT2D eigenvalue weighted by atomic mass is 16.3. The second-order valence-electron chi connectivity index (χ2n) is 7.05. The fourth-order valence-electron chi connectivity index (χ4n) is 3.37. The average Bonchev–Trinajstić information content (AvgIpc) is 2.87. The van der Waals surface area contributed by atoms with Crippen LogP contribution in [0.2, 0.25) is 0 Å². The molecule has 0 amide bonds. The first-order chi connectivity index (χ1) is 11.7. The van der Waals surface area contributed by atoms with Gasteiger partial charge < -0.3 is 9.67 Å². The van der Waals surface area contributed by atoms with Crippen molar-refractivity contribution in [2.75, 3.05) is 6.61 Å². The first kappa shape index (κ1) is 19.0. The van der Waals surface area contributed by atoms with Crippen molar-refractivity contribution in [3.63, 3.8) is 0 Å². The van der Waals surface area contributed by atoms with E-state index < -0.39 is 0 Å². The molecule has 0 bridgehead atoms. The van der Waals surface area contributed by atoms with Gasteiger partial charge in [-0.3, -0.25) is 0 Å². The fourth-order valence-corrected chi connectivity index (χ4v) is 3.37. The summed E-state index contributed by atoms with van der Waals surface area (Å²) in [7, 11) is 0. The molecular weight excluding hydrogens is 296 g/mol. The molecule has 0 atom stereocenters. The lowest BCUT2D eigenvalue weighted by Crippen LogP contribution is -2.06. The van der Waals surface area contributed by atoms with Gasteiger partial charge in [-0.15, -0.1) is 0 Å². The Morgan fingerprint density at radius 1 is 0.917 bits per heavy atom. The third-order valence-electron chi connectivity index (χ3n) is 5.01. The van der Waals surface area contributed by atoms with E-state index in [0.717, 1.165) is 17.9 Å². The molecule has 0 spiro atoms. The minimum Gasteiger partial charge on any atom is -0.396 e. The number of hydrogen-bond acceptors (Lipinski definition) is 2. The molecule has 0 aliphatic carbocycles. The Labute approximate surface area is 147 Å². The van der Waals surface area contributed by atoms with Crippen LogP contribution in [-0.4, -0.2) is 21.3 Å². The standard InChI is InChI=1S/C21H34N2O/c1-4-5-6-7-8-9-10-11-13-23-20-16-18(3)17(2)15-19(20)22-21(23)12-14-24/h15-16,24H,4-14H2,1-3H3. The number of aryl methyl sites for hydroxylation is 3. The normalized spacial score (nSPS) is 11.5. The summed E-state index contributed by atoms with van der Waals surface area (Å²) in [6.07, 6.45) is 11.3. The molecular formula is C21H34N2O. The molecule has 3 heteroatoms. The molecule has 1 aromatic carbocycles. The largest absolute Gasteiger partial charge is 0.396 e. The number of rotatable bonds is 11. The third kappa shape index (κ3) is 5.07. The summed E-state index contributed by atoms with van der Waals surface area (Å²) in [6, 6.07) is 4.43. The average molecular weight is 331 g/mol. The van der Waals surface area contributed by atoms with Gasteiger partial charge in [0.05, 0.1) is 17.6 Å². The van der Waals surface area contributed by atoms with Crippen LogP contribution in [-0.2, 0) is 13.0 Å². The Kier molecular flexibility index (Phi) is 7.77. The molecule has 3 nitrogen and oxygen atoms in total. The number of nitrogens with zero attached hydrogens (tertiary/aromatic N) is 2. The number of hydrogen-bond donors (Lipinski definition) is 1.